The van der Waals surface area contributed by atoms with Gasteiger partial charge in [-0.3, -0.25) is 9.78 Å². The molecule has 0 saturated heterocycles. The summed E-state index contributed by atoms with van der Waals surface area (Å²) >= 11 is 0. The zero-order valence-electron chi connectivity index (χ0n) is 21.2. The molecule has 1 aliphatic carbocycles. The predicted octanol–water partition coefficient (Wildman–Crippen LogP) is 5.13. The van der Waals surface area contributed by atoms with Crippen molar-refractivity contribution in [1.29, 1.82) is 5.26 Å². The van der Waals surface area contributed by atoms with Gasteiger partial charge in [0.05, 0.1) is 34.6 Å². The summed E-state index contributed by atoms with van der Waals surface area (Å²) in [6.07, 6.45) is 2.10. The number of carbonyl (C=O) groups excluding carboxylic acids is 1. The minimum absolute atomic E-state index is 0.0672. The van der Waals surface area contributed by atoms with Gasteiger partial charge in [-0.15, -0.1) is 0 Å². The van der Waals surface area contributed by atoms with Crippen molar-refractivity contribution >= 4 is 16.9 Å². The summed E-state index contributed by atoms with van der Waals surface area (Å²) in [6, 6.07) is 12.4. The number of amides is 1. The molecule has 7 rings (SSSR count). The normalized spacial score (nSPS) is 26.5. The first-order chi connectivity index (χ1) is 19.1. The van der Waals surface area contributed by atoms with Crippen LogP contribution in [0.1, 0.15) is 65.7 Å². The van der Waals surface area contributed by atoms with Crippen molar-refractivity contribution in [2.75, 3.05) is 0 Å². The summed E-state index contributed by atoms with van der Waals surface area (Å²) < 4.78 is 48.5. The Hall–Kier alpha value is -4.43. The van der Waals surface area contributed by atoms with Crippen molar-refractivity contribution in [2.24, 2.45) is 5.41 Å². The van der Waals surface area contributed by atoms with Crippen molar-refractivity contribution in [3.8, 4) is 22.9 Å². The molecule has 2 N–H and O–H groups in total. The van der Waals surface area contributed by atoms with E-state index in [2.05, 4.69) is 16.4 Å². The number of imidazole rings is 1. The lowest BCUT2D eigenvalue weighted by molar-refractivity contribution is -0.108. The van der Waals surface area contributed by atoms with E-state index in [1.807, 2.05) is 10.6 Å². The minimum Gasteiger partial charge on any atom is -0.434 e. The van der Waals surface area contributed by atoms with Crippen LogP contribution in [0.5, 0.6) is 5.75 Å². The highest BCUT2D eigenvalue weighted by Crippen LogP contribution is 2.53. The lowest BCUT2D eigenvalue weighted by Gasteiger charge is -2.46. The first-order valence-corrected chi connectivity index (χ1v) is 12.8. The molecular formula is C29H22F3N5O3. The van der Waals surface area contributed by atoms with Crippen LogP contribution >= 0.6 is 0 Å². The summed E-state index contributed by atoms with van der Waals surface area (Å²) in [6.45, 7) is -1.34. The average Bonchev–Trinajstić information content (AvgIpc) is 3.39. The van der Waals surface area contributed by atoms with Crippen LogP contribution in [0.2, 0.25) is 0 Å². The molecule has 2 bridgehead atoms. The van der Waals surface area contributed by atoms with E-state index < -0.39 is 35.5 Å². The number of hydrogen-bond acceptors (Lipinski definition) is 6. The van der Waals surface area contributed by atoms with Crippen LogP contribution < -0.4 is 10.1 Å². The lowest BCUT2D eigenvalue weighted by Crippen LogP contribution is -2.48. The SMILES string of the molecule is CC1(C#N)CC(O)(c2ncc(-c3ccc4nc5n(c4c3)[C@@H]3C[C@H]5NC(=O)c4cccc(OC(F)F)c43)cc2F)C1. The number of aromatic nitrogens is 3. The van der Waals surface area contributed by atoms with E-state index in [9.17, 15) is 23.9 Å². The van der Waals surface area contributed by atoms with E-state index in [0.717, 1.165) is 0 Å². The quantitative estimate of drug-likeness (QED) is 0.368. The predicted molar refractivity (Wildman–Crippen MR) is 136 cm³/mol. The van der Waals surface area contributed by atoms with Crippen molar-refractivity contribution in [3.05, 3.63) is 77.1 Å². The molecule has 2 aromatic carbocycles. The number of aliphatic hydroxyl groups is 1. The Kier molecular flexibility index (Phi) is 5.10. The molecule has 2 aliphatic heterocycles. The number of halogens is 3. The van der Waals surface area contributed by atoms with Gasteiger partial charge in [-0.25, -0.2) is 9.37 Å². The van der Waals surface area contributed by atoms with Gasteiger partial charge in [0.2, 0.25) is 0 Å². The van der Waals surface area contributed by atoms with Crippen LogP contribution in [-0.2, 0) is 5.60 Å². The third-order valence-corrected chi connectivity index (χ3v) is 8.21. The van der Waals surface area contributed by atoms with Crippen LogP contribution in [-0.4, -0.2) is 32.2 Å². The molecule has 2 atom stereocenters. The van der Waals surface area contributed by atoms with Crippen molar-refractivity contribution in [3.63, 3.8) is 0 Å². The molecule has 2 aromatic heterocycles. The maximum absolute atomic E-state index is 15.2. The number of pyridine rings is 1. The van der Waals surface area contributed by atoms with Gasteiger partial charge in [0.15, 0.2) is 0 Å². The van der Waals surface area contributed by atoms with Gasteiger partial charge in [0, 0.05) is 35.7 Å². The fourth-order valence-electron chi connectivity index (χ4n) is 6.61. The molecule has 1 fully saturated rings. The molecule has 0 unspecified atom stereocenters. The number of nitrogens with one attached hydrogen (secondary N) is 1. The van der Waals surface area contributed by atoms with E-state index in [1.165, 1.54) is 24.4 Å². The van der Waals surface area contributed by atoms with E-state index in [1.54, 1.807) is 25.1 Å². The number of nitrogens with zero attached hydrogens (tertiary/aromatic N) is 4. The number of ether oxygens (including phenoxy) is 1. The highest BCUT2D eigenvalue weighted by atomic mass is 19.3. The monoisotopic (exact) mass is 545 g/mol. The third kappa shape index (κ3) is 3.52. The van der Waals surface area contributed by atoms with E-state index in [-0.39, 0.29) is 35.8 Å². The molecule has 40 heavy (non-hydrogen) atoms. The number of carbonyl (C=O) groups is 1. The Balaban J connectivity index is 1.31. The molecule has 8 nitrogen and oxygen atoms in total. The Bertz CT molecular complexity index is 1770. The maximum Gasteiger partial charge on any atom is 0.387 e. The largest absolute Gasteiger partial charge is 0.434 e. The second kappa shape index (κ2) is 8.29. The van der Waals surface area contributed by atoms with Crippen molar-refractivity contribution < 1.29 is 27.8 Å². The van der Waals surface area contributed by atoms with Gasteiger partial charge in [0.25, 0.3) is 5.91 Å². The maximum atomic E-state index is 15.2. The summed E-state index contributed by atoms with van der Waals surface area (Å²) in [4.78, 5) is 21.9. The summed E-state index contributed by atoms with van der Waals surface area (Å²) in [5.74, 6) is -0.528. The first-order valence-electron chi connectivity index (χ1n) is 12.8. The van der Waals surface area contributed by atoms with E-state index >= 15 is 4.39 Å². The molecule has 4 heterocycles. The van der Waals surface area contributed by atoms with Gasteiger partial charge in [-0.1, -0.05) is 12.1 Å². The molecule has 11 heteroatoms. The zero-order valence-corrected chi connectivity index (χ0v) is 21.2. The number of benzene rings is 2. The Morgan fingerprint density at radius 3 is 2.75 bits per heavy atom. The van der Waals surface area contributed by atoms with Crippen LogP contribution in [0.3, 0.4) is 0 Å². The van der Waals surface area contributed by atoms with Crippen LogP contribution in [0, 0.1) is 22.6 Å². The standard InChI is InChI=1S/C29H22F3N5O3/c1-28(13-33)11-29(39,12-28)24-17(30)7-15(10-34-24)14-5-6-18-20(8-14)37-21-9-19(25(37)35-18)36-26(38)16-3-2-4-22(23(16)21)40-27(31)32/h2-8,10,19,21,27,39H,9,11-12H2,1H3,(H,36,38)/t19-,21-,28?,29?/m1/s1. The van der Waals surface area contributed by atoms with Crippen molar-refractivity contribution in [2.45, 2.75) is 50.5 Å². The second-order valence-corrected chi connectivity index (χ2v) is 11.0. The number of fused-ring (bicyclic) bond motifs is 9. The topological polar surface area (TPSA) is 113 Å². The number of rotatable bonds is 4. The van der Waals surface area contributed by atoms with Gasteiger partial charge < -0.3 is 19.7 Å². The van der Waals surface area contributed by atoms with E-state index in [0.29, 0.717) is 40.0 Å². The number of hydrogen-bond donors (Lipinski definition) is 2. The second-order valence-electron chi connectivity index (χ2n) is 11.0. The highest BCUT2D eigenvalue weighted by Gasteiger charge is 2.54. The fraction of sp³-hybridized carbons (Fsp3) is 0.310. The zero-order chi connectivity index (χ0) is 28.0. The smallest absolute Gasteiger partial charge is 0.387 e. The third-order valence-electron chi connectivity index (χ3n) is 8.21. The summed E-state index contributed by atoms with van der Waals surface area (Å²) in [7, 11) is 0. The number of nitriles is 1. The summed E-state index contributed by atoms with van der Waals surface area (Å²) in [5.41, 5.74) is 0.746. The first kappa shape index (κ1) is 24.6. The molecule has 0 radical (unpaired) electrons. The van der Waals surface area contributed by atoms with Crippen molar-refractivity contribution in [1.82, 2.24) is 19.9 Å². The van der Waals surface area contributed by atoms with Crippen LogP contribution in [0.4, 0.5) is 13.2 Å². The lowest BCUT2D eigenvalue weighted by atomic mass is 9.59. The molecular weight excluding hydrogens is 523 g/mol. The van der Waals surface area contributed by atoms with Crippen LogP contribution in [0.25, 0.3) is 22.2 Å². The average molecular weight is 546 g/mol. The molecule has 1 saturated carbocycles. The molecule has 0 spiro atoms. The summed E-state index contributed by atoms with van der Waals surface area (Å²) in [5, 5.41) is 23.1. The molecule has 1 amide bonds. The van der Waals surface area contributed by atoms with E-state index in [4.69, 9.17) is 9.72 Å². The van der Waals surface area contributed by atoms with Gasteiger partial charge >= 0.3 is 6.61 Å². The fourth-order valence-corrected chi connectivity index (χ4v) is 6.61. The Labute approximate surface area is 226 Å². The van der Waals surface area contributed by atoms with Crippen LogP contribution in [0.15, 0.2) is 48.7 Å². The highest BCUT2D eigenvalue weighted by molar-refractivity contribution is 5.98. The Morgan fingerprint density at radius 1 is 1.23 bits per heavy atom. The van der Waals surface area contributed by atoms with Gasteiger partial charge in [-0.05, 0) is 49.2 Å². The Morgan fingerprint density at radius 2 is 2.02 bits per heavy atom. The van der Waals surface area contributed by atoms with Gasteiger partial charge in [-0.2, -0.15) is 14.0 Å². The molecule has 202 valence electrons. The molecule has 4 aromatic rings. The number of alkyl halides is 2. The van der Waals surface area contributed by atoms with Gasteiger partial charge in [0.1, 0.15) is 28.7 Å². The minimum atomic E-state index is -3.06. The molecule has 3 aliphatic rings.